The Morgan fingerprint density at radius 1 is 1.13 bits per heavy atom. The Morgan fingerprint density at radius 2 is 2.03 bits per heavy atom. The molecule has 7 heteroatoms. The van der Waals surface area contributed by atoms with Gasteiger partial charge < -0.3 is 14.6 Å². The smallest absolute Gasteiger partial charge is 0.158 e. The summed E-state index contributed by atoms with van der Waals surface area (Å²) < 4.78 is 7.59. The van der Waals surface area contributed by atoms with Gasteiger partial charge >= 0.3 is 0 Å². The Labute approximate surface area is 180 Å². The second-order valence-corrected chi connectivity index (χ2v) is 8.45. The monoisotopic (exact) mass is 419 g/mol. The zero-order valence-electron chi connectivity index (χ0n) is 17.1. The maximum Gasteiger partial charge on any atom is 0.158 e. The fourth-order valence-corrected chi connectivity index (χ4v) is 5.00. The third kappa shape index (κ3) is 3.82. The molecule has 1 aliphatic heterocycles. The fourth-order valence-electron chi connectivity index (χ4n) is 4.04. The number of methoxy groups -OCH3 is 1. The molecule has 0 radical (unpaired) electrons. The first-order valence-corrected chi connectivity index (χ1v) is 11.3. The van der Waals surface area contributed by atoms with E-state index in [1.807, 2.05) is 6.07 Å². The quantitative estimate of drug-likeness (QED) is 0.471. The Morgan fingerprint density at radius 3 is 2.87 bits per heavy atom. The van der Waals surface area contributed by atoms with Crippen molar-refractivity contribution in [3.05, 3.63) is 59.3 Å². The number of thiophene rings is 1. The number of imidazole rings is 1. The van der Waals surface area contributed by atoms with Gasteiger partial charge in [0.15, 0.2) is 5.82 Å². The number of rotatable bonds is 7. The highest BCUT2D eigenvalue weighted by atomic mass is 32.1. The highest BCUT2D eigenvalue weighted by Gasteiger charge is 2.16. The summed E-state index contributed by atoms with van der Waals surface area (Å²) in [6, 6.07) is 10.4. The normalized spacial score (nSPS) is 13.5. The minimum absolute atomic E-state index is 0.400. The highest BCUT2D eigenvalue weighted by Crippen LogP contribution is 2.37. The van der Waals surface area contributed by atoms with Gasteiger partial charge in [-0.15, -0.1) is 11.3 Å². The molecule has 0 saturated heterocycles. The van der Waals surface area contributed by atoms with E-state index in [4.69, 9.17) is 19.7 Å². The number of nitrogens with one attached hydrogen (secondary N) is 1. The summed E-state index contributed by atoms with van der Waals surface area (Å²) in [4.78, 5) is 15.3. The van der Waals surface area contributed by atoms with E-state index in [1.54, 1.807) is 18.4 Å². The lowest BCUT2D eigenvalue weighted by Crippen LogP contribution is -2.09. The third-order valence-corrected chi connectivity index (χ3v) is 6.34. The second-order valence-electron chi connectivity index (χ2n) is 7.59. The molecule has 1 aromatic carbocycles. The van der Waals surface area contributed by atoms with Crippen LogP contribution in [0, 0.1) is 0 Å². The van der Waals surface area contributed by atoms with Crippen molar-refractivity contribution < 1.29 is 4.74 Å². The molecular weight excluding hydrogens is 394 g/mol. The topological polar surface area (TPSA) is 64.9 Å². The third-order valence-electron chi connectivity index (χ3n) is 5.47. The zero-order chi connectivity index (χ0) is 20.3. The number of nitrogens with zero attached hydrogens (tertiary/aromatic N) is 4. The zero-order valence-corrected chi connectivity index (χ0v) is 17.9. The van der Waals surface area contributed by atoms with Crippen molar-refractivity contribution in [2.75, 3.05) is 19.0 Å². The lowest BCUT2D eigenvalue weighted by atomic mass is 10.1. The van der Waals surface area contributed by atoms with Gasteiger partial charge in [-0.3, -0.25) is 0 Å². The van der Waals surface area contributed by atoms with E-state index in [1.165, 1.54) is 29.8 Å². The van der Waals surface area contributed by atoms with Crippen LogP contribution >= 0.6 is 11.3 Å². The average molecular weight is 420 g/mol. The largest absolute Gasteiger partial charge is 0.377 e. The van der Waals surface area contributed by atoms with Crippen molar-refractivity contribution in [1.29, 1.82) is 0 Å². The van der Waals surface area contributed by atoms with Crippen LogP contribution < -0.4 is 5.32 Å². The van der Waals surface area contributed by atoms with Gasteiger partial charge in [0.05, 0.1) is 11.1 Å². The van der Waals surface area contributed by atoms with Crippen LogP contribution in [-0.2, 0) is 30.7 Å². The molecule has 0 spiro atoms. The summed E-state index contributed by atoms with van der Waals surface area (Å²) in [6.07, 6.45) is 6.67. The summed E-state index contributed by atoms with van der Waals surface area (Å²) in [5, 5.41) is 6.81. The Hall–Kier alpha value is -2.77. The lowest BCUT2D eigenvalue weighted by molar-refractivity contribution is 0.178. The van der Waals surface area contributed by atoms with Crippen LogP contribution in [0.4, 0.5) is 5.82 Å². The molecule has 4 heterocycles. The summed E-state index contributed by atoms with van der Waals surface area (Å²) >= 11 is 1.65. The van der Waals surface area contributed by atoms with Crippen molar-refractivity contribution in [2.24, 2.45) is 0 Å². The molecule has 0 bridgehead atoms. The predicted octanol–water partition coefficient (Wildman–Crippen LogP) is 4.69. The molecule has 1 aliphatic rings. The molecule has 3 aromatic heterocycles. The molecule has 0 aliphatic carbocycles. The standard InChI is InChI=1S/C23H25N5OS/c1-29-14-19-26-22(24-11-10-17-13-28-12-6-5-9-20(28)25-17)21-18(15-30-23(21)27-19)16-7-3-2-4-8-16/h2-4,7-8,13,15H,5-6,9-12,14H2,1H3,(H,24,26,27). The van der Waals surface area contributed by atoms with Gasteiger partial charge in [-0.2, -0.15) is 0 Å². The number of ether oxygens (including phenoxy) is 1. The molecule has 4 aromatic rings. The van der Waals surface area contributed by atoms with Gasteiger partial charge in [0.2, 0.25) is 0 Å². The van der Waals surface area contributed by atoms with Gasteiger partial charge in [-0.1, -0.05) is 30.3 Å². The fraction of sp³-hybridized carbons (Fsp3) is 0.348. The molecule has 0 unspecified atom stereocenters. The van der Waals surface area contributed by atoms with Crippen molar-refractivity contribution in [1.82, 2.24) is 19.5 Å². The van der Waals surface area contributed by atoms with Crippen LogP contribution in [0.2, 0.25) is 0 Å². The van der Waals surface area contributed by atoms with E-state index in [2.05, 4.69) is 45.7 Å². The van der Waals surface area contributed by atoms with E-state index in [-0.39, 0.29) is 0 Å². The molecule has 30 heavy (non-hydrogen) atoms. The molecule has 0 atom stereocenters. The Kier molecular flexibility index (Phi) is 5.46. The molecule has 5 rings (SSSR count). The number of benzene rings is 1. The number of anilines is 1. The van der Waals surface area contributed by atoms with Gasteiger partial charge in [0.25, 0.3) is 0 Å². The molecule has 6 nitrogen and oxygen atoms in total. The minimum atomic E-state index is 0.400. The summed E-state index contributed by atoms with van der Waals surface area (Å²) in [5.41, 5.74) is 3.49. The van der Waals surface area contributed by atoms with E-state index in [0.29, 0.717) is 12.4 Å². The van der Waals surface area contributed by atoms with Gasteiger partial charge in [-0.05, 0) is 18.4 Å². The number of hydrogen-bond donors (Lipinski definition) is 1. The predicted molar refractivity (Wildman–Crippen MR) is 121 cm³/mol. The molecule has 154 valence electrons. The van der Waals surface area contributed by atoms with Crippen LogP contribution in [0.3, 0.4) is 0 Å². The van der Waals surface area contributed by atoms with Crippen molar-refractivity contribution in [3.8, 4) is 11.1 Å². The first-order chi connectivity index (χ1) is 14.8. The average Bonchev–Trinajstić information content (AvgIpc) is 3.38. The van der Waals surface area contributed by atoms with E-state index in [0.717, 1.165) is 47.7 Å². The number of fused-ring (bicyclic) bond motifs is 2. The second kappa shape index (κ2) is 8.53. The minimum Gasteiger partial charge on any atom is -0.377 e. The molecule has 0 fully saturated rings. The Bertz CT molecular complexity index is 1130. The Balaban J connectivity index is 1.42. The first-order valence-electron chi connectivity index (χ1n) is 10.4. The SMILES string of the molecule is COCc1nc(NCCc2cn3c(n2)CCCC3)c2c(-c3ccccc3)csc2n1. The van der Waals surface area contributed by atoms with Crippen LogP contribution in [0.15, 0.2) is 41.9 Å². The molecule has 1 N–H and O–H groups in total. The maximum atomic E-state index is 5.28. The number of aryl methyl sites for hydroxylation is 2. The summed E-state index contributed by atoms with van der Waals surface area (Å²) in [6.45, 7) is 2.27. The first kappa shape index (κ1) is 19.2. The number of aromatic nitrogens is 4. The molecular formula is C23H25N5OS. The van der Waals surface area contributed by atoms with Crippen molar-refractivity contribution in [2.45, 2.75) is 38.8 Å². The lowest BCUT2D eigenvalue weighted by Gasteiger charge is -2.11. The van der Waals surface area contributed by atoms with Crippen LogP contribution in [0.25, 0.3) is 21.3 Å². The van der Waals surface area contributed by atoms with Gasteiger partial charge in [-0.25, -0.2) is 15.0 Å². The molecule has 0 saturated carbocycles. The van der Waals surface area contributed by atoms with Gasteiger partial charge in [0.1, 0.15) is 23.1 Å². The van der Waals surface area contributed by atoms with E-state index < -0.39 is 0 Å². The van der Waals surface area contributed by atoms with Crippen LogP contribution in [0.5, 0.6) is 0 Å². The highest BCUT2D eigenvalue weighted by molar-refractivity contribution is 7.17. The van der Waals surface area contributed by atoms with Gasteiger partial charge in [0, 0.05) is 50.2 Å². The van der Waals surface area contributed by atoms with Crippen molar-refractivity contribution in [3.63, 3.8) is 0 Å². The van der Waals surface area contributed by atoms with Crippen LogP contribution in [-0.4, -0.2) is 33.2 Å². The van der Waals surface area contributed by atoms with Crippen molar-refractivity contribution >= 4 is 27.4 Å². The van der Waals surface area contributed by atoms with Crippen LogP contribution in [0.1, 0.15) is 30.2 Å². The van der Waals surface area contributed by atoms with E-state index >= 15 is 0 Å². The molecule has 0 amide bonds. The van der Waals surface area contributed by atoms with E-state index in [9.17, 15) is 0 Å². The summed E-state index contributed by atoms with van der Waals surface area (Å²) in [7, 11) is 1.67. The number of hydrogen-bond acceptors (Lipinski definition) is 6. The summed E-state index contributed by atoms with van der Waals surface area (Å²) in [5.74, 6) is 2.80. The maximum absolute atomic E-state index is 5.28.